The number of amides is 1. The zero-order chi connectivity index (χ0) is 20.1. The molecular formula is C22H23N5O2. The Kier molecular flexibility index (Phi) is 5.65. The van der Waals surface area contributed by atoms with Crippen molar-refractivity contribution in [2.75, 3.05) is 38.2 Å². The number of carbonyl (C=O) groups excluding carboxylic acids is 1. The van der Waals surface area contributed by atoms with E-state index in [9.17, 15) is 4.79 Å². The number of carbonyl (C=O) groups is 1. The summed E-state index contributed by atoms with van der Waals surface area (Å²) in [5.41, 5.74) is 2.66. The van der Waals surface area contributed by atoms with Crippen LogP contribution in [-0.4, -0.2) is 59.3 Å². The molecule has 0 N–H and O–H groups in total. The Morgan fingerprint density at radius 2 is 1.83 bits per heavy atom. The van der Waals surface area contributed by atoms with Crippen LogP contribution in [0.4, 0.5) is 5.82 Å². The topological polar surface area (TPSA) is 71.5 Å². The SMILES string of the molecule is COc1ccccc1CC(=O)N1CCN(c2ccc(-c3cccnc3)nn2)CC1. The maximum Gasteiger partial charge on any atom is 0.227 e. The molecule has 0 radical (unpaired) electrons. The molecule has 0 saturated carbocycles. The van der Waals surface area contributed by atoms with Crippen LogP contribution in [0.15, 0.2) is 60.9 Å². The molecule has 4 rings (SSSR count). The monoisotopic (exact) mass is 389 g/mol. The van der Waals surface area contributed by atoms with Gasteiger partial charge in [-0.3, -0.25) is 9.78 Å². The van der Waals surface area contributed by atoms with E-state index in [4.69, 9.17) is 4.74 Å². The van der Waals surface area contributed by atoms with Crippen LogP contribution in [-0.2, 0) is 11.2 Å². The average Bonchev–Trinajstić information content (AvgIpc) is 2.80. The minimum Gasteiger partial charge on any atom is -0.496 e. The van der Waals surface area contributed by atoms with Gasteiger partial charge in [-0.15, -0.1) is 10.2 Å². The van der Waals surface area contributed by atoms with E-state index in [1.54, 1.807) is 19.5 Å². The number of methoxy groups -OCH3 is 1. The predicted octanol–water partition coefficient (Wildman–Crippen LogP) is 2.44. The summed E-state index contributed by atoms with van der Waals surface area (Å²) in [5, 5.41) is 8.69. The highest BCUT2D eigenvalue weighted by Gasteiger charge is 2.23. The minimum atomic E-state index is 0.118. The van der Waals surface area contributed by atoms with Crippen molar-refractivity contribution >= 4 is 11.7 Å². The molecular weight excluding hydrogens is 366 g/mol. The first-order valence-electron chi connectivity index (χ1n) is 9.63. The summed E-state index contributed by atoms with van der Waals surface area (Å²) in [5.74, 6) is 1.70. The van der Waals surface area contributed by atoms with E-state index >= 15 is 0 Å². The molecule has 1 aromatic carbocycles. The van der Waals surface area contributed by atoms with Gasteiger partial charge in [0, 0.05) is 49.7 Å². The van der Waals surface area contributed by atoms with Crippen molar-refractivity contribution < 1.29 is 9.53 Å². The molecule has 1 aliphatic heterocycles. The van der Waals surface area contributed by atoms with Crippen molar-refractivity contribution in [2.24, 2.45) is 0 Å². The molecule has 0 bridgehead atoms. The summed E-state index contributed by atoms with van der Waals surface area (Å²) in [7, 11) is 1.63. The molecule has 2 aromatic heterocycles. The number of benzene rings is 1. The molecule has 0 aliphatic carbocycles. The number of ether oxygens (including phenoxy) is 1. The Hall–Kier alpha value is -3.48. The molecule has 1 fully saturated rings. The number of anilines is 1. The smallest absolute Gasteiger partial charge is 0.227 e. The summed E-state index contributed by atoms with van der Waals surface area (Å²) < 4.78 is 5.35. The quantitative estimate of drug-likeness (QED) is 0.668. The molecule has 3 aromatic rings. The molecule has 7 nitrogen and oxygen atoms in total. The first kappa shape index (κ1) is 18.9. The fourth-order valence-electron chi connectivity index (χ4n) is 3.47. The number of rotatable bonds is 5. The second kappa shape index (κ2) is 8.68. The minimum absolute atomic E-state index is 0.118. The van der Waals surface area contributed by atoms with Gasteiger partial charge in [-0.1, -0.05) is 18.2 Å². The number of aromatic nitrogens is 3. The number of piperazine rings is 1. The van der Waals surface area contributed by atoms with Gasteiger partial charge in [0.15, 0.2) is 5.82 Å². The van der Waals surface area contributed by atoms with E-state index in [1.807, 2.05) is 53.4 Å². The fourth-order valence-corrected chi connectivity index (χ4v) is 3.47. The maximum absolute atomic E-state index is 12.7. The lowest BCUT2D eigenvalue weighted by Crippen LogP contribution is -2.49. The highest BCUT2D eigenvalue weighted by atomic mass is 16.5. The zero-order valence-corrected chi connectivity index (χ0v) is 16.4. The van der Waals surface area contributed by atoms with Gasteiger partial charge in [0.25, 0.3) is 0 Å². The van der Waals surface area contributed by atoms with Crippen molar-refractivity contribution in [2.45, 2.75) is 6.42 Å². The van der Waals surface area contributed by atoms with Crippen LogP contribution in [0.5, 0.6) is 5.75 Å². The largest absolute Gasteiger partial charge is 0.496 e. The summed E-state index contributed by atoms with van der Waals surface area (Å²) >= 11 is 0. The van der Waals surface area contributed by atoms with Gasteiger partial charge in [0.05, 0.1) is 19.2 Å². The van der Waals surface area contributed by atoms with Crippen LogP contribution in [0.2, 0.25) is 0 Å². The van der Waals surface area contributed by atoms with Crippen LogP contribution < -0.4 is 9.64 Å². The highest BCUT2D eigenvalue weighted by molar-refractivity contribution is 5.79. The van der Waals surface area contributed by atoms with Crippen molar-refractivity contribution in [1.29, 1.82) is 0 Å². The average molecular weight is 389 g/mol. The number of pyridine rings is 1. The standard InChI is InChI=1S/C22H23N5O2/c1-29-20-7-3-2-5-17(20)15-22(28)27-13-11-26(12-14-27)21-9-8-19(24-25-21)18-6-4-10-23-16-18/h2-10,16H,11-15H2,1H3. The number of nitrogens with zero attached hydrogens (tertiary/aromatic N) is 5. The predicted molar refractivity (Wildman–Crippen MR) is 111 cm³/mol. The van der Waals surface area contributed by atoms with E-state index in [2.05, 4.69) is 20.1 Å². The summed E-state index contributed by atoms with van der Waals surface area (Å²) in [6.45, 7) is 2.80. The second-order valence-electron chi connectivity index (χ2n) is 6.87. The van der Waals surface area contributed by atoms with Gasteiger partial charge in [0.1, 0.15) is 5.75 Å². The molecule has 0 spiro atoms. The van der Waals surface area contributed by atoms with Crippen LogP contribution in [0, 0.1) is 0 Å². The Morgan fingerprint density at radius 3 is 2.52 bits per heavy atom. The Balaban J connectivity index is 1.35. The Bertz CT molecular complexity index is 954. The second-order valence-corrected chi connectivity index (χ2v) is 6.87. The van der Waals surface area contributed by atoms with Crippen molar-refractivity contribution in [3.63, 3.8) is 0 Å². The lowest BCUT2D eigenvalue weighted by molar-refractivity contribution is -0.130. The summed E-state index contributed by atoms with van der Waals surface area (Å²) in [4.78, 5) is 20.9. The highest BCUT2D eigenvalue weighted by Crippen LogP contribution is 2.21. The molecule has 0 unspecified atom stereocenters. The first-order valence-corrected chi connectivity index (χ1v) is 9.63. The fraction of sp³-hybridized carbons (Fsp3) is 0.273. The van der Waals surface area contributed by atoms with Gasteiger partial charge < -0.3 is 14.5 Å². The Labute approximate surface area is 170 Å². The first-order chi connectivity index (χ1) is 14.2. The number of hydrogen-bond donors (Lipinski definition) is 0. The molecule has 29 heavy (non-hydrogen) atoms. The lowest BCUT2D eigenvalue weighted by atomic mass is 10.1. The van der Waals surface area contributed by atoms with E-state index in [1.165, 1.54) is 0 Å². The van der Waals surface area contributed by atoms with Crippen molar-refractivity contribution in [3.8, 4) is 17.0 Å². The van der Waals surface area contributed by atoms with Gasteiger partial charge in [-0.25, -0.2) is 0 Å². The third-order valence-corrected chi connectivity index (χ3v) is 5.10. The van der Waals surface area contributed by atoms with Crippen LogP contribution in [0.1, 0.15) is 5.56 Å². The maximum atomic E-state index is 12.7. The number of para-hydroxylation sites is 1. The molecule has 1 amide bonds. The summed E-state index contributed by atoms with van der Waals surface area (Å²) in [6, 6.07) is 15.4. The van der Waals surface area contributed by atoms with E-state index in [-0.39, 0.29) is 5.91 Å². The van der Waals surface area contributed by atoms with Crippen LogP contribution in [0.3, 0.4) is 0 Å². The van der Waals surface area contributed by atoms with E-state index < -0.39 is 0 Å². The van der Waals surface area contributed by atoms with Crippen LogP contribution in [0.25, 0.3) is 11.3 Å². The van der Waals surface area contributed by atoms with E-state index in [0.717, 1.165) is 41.5 Å². The number of hydrogen-bond acceptors (Lipinski definition) is 6. The van der Waals surface area contributed by atoms with Crippen molar-refractivity contribution in [1.82, 2.24) is 20.1 Å². The zero-order valence-electron chi connectivity index (χ0n) is 16.4. The third-order valence-electron chi connectivity index (χ3n) is 5.10. The molecule has 3 heterocycles. The lowest BCUT2D eigenvalue weighted by Gasteiger charge is -2.35. The summed E-state index contributed by atoms with van der Waals surface area (Å²) in [6.07, 6.45) is 3.86. The van der Waals surface area contributed by atoms with Gasteiger partial charge in [-0.05, 0) is 30.3 Å². The van der Waals surface area contributed by atoms with Gasteiger partial charge in [-0.2, -0.15) is 0 Å². The normalized spacial score (nSPS) is 14.0. The molecule has 148 valence electrons. The molecule has 1 aliphatic rings. The third kappa shape index (κ3) is 4.34. The van der Waals surface area contributed by atoms with E-state index in [0.29, 0.717) is 19.5 Å². The Morgan fingerprint density at radius 1 is 1.00 bits per heavy atom. The van der Waals surface area contributed by atoms with Crippen LogP contribution >= 0.6 is 0 Å². The molecule has 0 atom stereocenters. The molecule has 7 heteroatoms. The van der Waals surface area contributed by atoms with Crippen molar-refractivity contribution in [3.05, 3.63) is 66.5 Å². The van der Waals surface area contributed by atoms with Gasteiger partial charge >= 0.3 is 0 Å². The molecule has 1 saturated heterocycles. The van der Waals surface area contributed by atoms with Gasteiger partial charge in [0.2, 0.25) is 5.91 Å².